The minimum Gasteiger partial charge on any atom is -0.485 e. The maximum absolute atomic E-state index is 11.1. The van der Waals surface area contributed by atoms with Gasteiger partial charge in [0, 0.05) is 0 Å². The summed E-state index contributed by atoms with van der Waals surface area (Å²) in [6.07, 6.45) is 1.95. The number of anilines is 1. The van der Waals surface area contributed by atoms with Crippen molar-refractivity contribution >= 4 is 23.3 Å². The Bertz CT molecular complexity index is 587. The Kier molecular flexibility index (Phi) is 4.31. The Hall–Kier alpha value is -1.66. The van der Waals surface area contributed by atoms with Crippen LogP contribution in [0, 0.1) is 5.92 Å². The summed E-state index contributed by atoms with van der Waals surface area (Å²) in [5, 5.41) is 12.8. The van der Waals surface area contributed by atoms with E-state index >= 15 is 0 Å². The fraction of sp³-hybridized carbons (Fsp3) is 0.533. The zero-order valence-electron chi connectivity index (χ0n) is 12.1. The zero-order chi connectivity index (χ0) is 15.7. The van der Waals surface area contributed by atoms with Gasteiger partial charge in [0.15, 0.2) is 11.5 Å². The van der Waals surface area contributed by atoms with E-state index in [-0.39, 0.29) is 18.0 Å². The first-order valence-corrected chi connectivity index (χ1v) is 7.78. The molecule has 0 bridgehead atoms. The number of nitrogen functional groups attached to an aromatic ring is 1. The first-order chi connectivity index (χ1) is 10.6. The van der Waals surface area contributed by atoms with Crippen LogP contribution in [0.25, 0.3) is 0 Å². The average molecular weight is 327 g/mol. The van der Waals surface area contributed by atoms with E-state index in [1.165, 1.54) is 0 Å². The van der Waals surface area contributed by atoms with Crippen LogP contribution in [0.3, 0.4) is 0 Å². The first-order valence-electron chi connectivity index (χ1n) is 7.40. The van der Waals surface area contributed by atoms with Crippen molar-refractivity contribution < 1.29 is 19.4 Å². The Morgan fingerprint density at radius 3 is 2.82 bits per heavy atom. The molecule has 7 heteroatoms. The lowest BCUT2D eigenvalue weighted by Crippen LogP contribution is -2.37. The molecule has 2 heterocycles. The van der Waals surface area contributed by atoms with Gasteiger partial charge in [-0.2, -0.15) is 0 Å². The summed E-state index contributed by atoms with van der Waals surface area (Å²) in [6.45, 7) is 1.99. The number of carbonyl (C=O) groups is 1. The fourth-order valence-electron chi connectivity index (χ4n) is 2.95. The third kappa shape index (κ3) is 2.94. The van der Waals surface area contributed by atoms with Gasteiger partial charge >= 0.3 is 5.97 Å². The van der Waals surface area contributed by atoms with Crippen molar-refractivity contribution in [2.24, 2.45) is 5.92 Å². The number of ether oxygens (including phenoxy) is 2. The molecule has 1 aromatic carbocycles. The number of rotatable bonds is 3. The van der Waals surface area contributed by atoms with E-state index < -0.39 is 12.1 Å². The van der Waals surface area contributed by atoms with Crippen molar-refractivity contribution in [1.29, 1.82) is 0 Å². The highest BCUT2D eigenvalue weighted by atomic mass is 35.5. The van der Waals surface area contributed by atoms with E-state index in [9.17, 15) is 4.79 Å². The molecule has 6 nitrogen and oxygen atoms in total. The van der Waals surface area contributed by atoms with Crippen LogP contribution in [-0.4, -0.2) is 36.9 Å². The second-order valence-corrected chi connectivity index (χ2v) is 6.15. The summed E-state index contributed by atoms with van der Waals surface area (Å²) >= 11 is 6.18. The van der Waals surface area contributed by atoms with Crippen molar-refractivity contribution in [1.82, 2.24) is 5.32 Å². The summed E-state index contributed by atoms with van der Waals surface area (Å²) in [6, 6.07) is 1.81. The van der Waals surface area contributed by atoms with Gasteiger partial charge < -0.3 is 25.6 Å². The number of carboxylic acids is 1. The standard InChI is InChI=1S/C15H19ClN2O4/c16-10-6-9(5-8-1-3-18-4-2-8)13-14(12(10)17)22-11(7-21-13)15(19)20/h6,8,11,18H,1-5,7,17H2,(H,19,20). The third-order valence-electron chi connectivity index (χ3n) is 4.18. The highest BCUT2D eigenvalue weighted by Crippen LogP contribution is 2.45. The SMILES string of the molecule is Nc1c(Cl)cc(CC2CCNCC2)c2c1OC(C(=O)O)CO2. The molecule has 4 N–H and O–H groups in total. The molecule has 22 heavy (non-hydrogen) atoms. The van der Waals surface area contributed by atoms with Crippen LogP contribution in [0.1, 0.15) is 18.4 Å². The van der Waals surface area contributed by atoms with Crippen molar-refractivity contribution in [2.75, 3.05) is 25.4 Å². The largest absolute Gasteiger partial charge is 0.485 e. The predicted molar refractivity (Wildman–Crippen MR) is 82.7 cm³/mol. The smallest absolute Gasteiger partial charge is 0.348 e. The summed E-state index contributed by atoms with van der Waals surface area (Å²) in [5.74, 6) is 0.267. The maximum Gasteiger partial charge on any atom is 0.348 e. The number of halogens is 1. The summed E-state index contributed by atoms with van der Waals surface area (Å²) in [4.78, 5) is 11.1. The molecule has 0 aromatic heterocycles. The van der Waals surface area contributed by atoms with Gasteiger partial charge in [0.1, 0.15) is 6.61 Å². The Labute approximate surface area is 133 Å². The number of hydrogen-bond donors (Lipinski definition) is 3. The van der Waals surface area contributed by atoms with Crippen LogP contribution in [0.2, 0.25) is 5.02 Å². The molecular weight excluding hydrogens is 308 g/mol. The van der Waals surface area contributed by atoms with Crippen LogP contribution in [0.15, 0.2) is 6.07 Å². The molecule has 1 atom stereocenters. The second kappa shape index (κ2) is 6.22. The molecule has 3 rings (SSSR count). The minimum absolute atomic E-state index is 0.0252. The van der Waals surface area contributed by atoms with Gasteiger partial charge in [0.2, 0.25) is 6.10 Å². The molecule has 1 unspecified atom stereocenters. The highest BCUT2D eigenvalue weighted by Gasteiger charge is 2.32. The van der Waals surface area contributed by atoms with Crippen LogP contribution >= 0.6 is 11.6 Å². The van der Waals surface area contributed by atoms with Crippen molar-refractivity contribution in [2.45, 2.75) is 25.4 Å². The van der Waals surface area contributed by atoms with Gasteiger partial charge in [0.25, 0.3) is 0 Å². The van der Waals surface area contributed by atoms with Gasteiger partial charge in [-0.25, -0.2) is 4.79 Å². The van der Waals surface area contributed by atoms with E-state index in [0.717, 1.165) is 37.9 Å². The van der Waals surface area contributed by atoms with Crippen molar-refractivity contribution in [3.63, 3.8) is 0 Å². The Balaban J connectivity index is 1.90. The lowest BCUT2D eigenvalue weighted by molar-refractivity contribution is -0.147. The topological polar surface area (TPSA) is 93.8 Å². The molecule has 0 radical (unpaired) electrons. The minimum atomic E-state index is -1.08. The number of nitrogens with one attached hydrogen (secondary N) is 1. The van der Waals surface area contributed by atoms with Crippen LogP contribution < -0.4 is 20.5 Å². The van der Waals surface area contributed by atoms with E-state index in [4.69, 9.17) is 31.9 Å². The van der Waals surface area contributed by atoms with Gasteiger partial charge in [-0.1, -0.05) is 11.6 Å². The van der Waals surface area contributed by atoms with Crippen LogP contribution in [0.5, 0.6) is 11.5 Å². The fourth-order valence-corrected chi connectivity index (χ4v) is 3.17. The van der Waals surface area contributed by atoms with E-state index in [2.05, 4.69) is 5.32 Å². The molecular formula is C15H19ClN2O4. The molecule has 0 spiro atoms. The van der Waals surface area contributed by atoms with Gasteiger partial charge in [-0.3, -0.25) is 0 Å². The molecule has 0 aliphatic carbocycles. The molecule has 0 saturated carbocycles. The molecule has 2 aliphatic rings. The number of hydrogen-bond acceptors (Lipinski definition) is 5. The number of piperidine rings is 1. The molecule has 1 fully saturated rings. The molecule has 2 aliphatic heterocycles. The number of aliphatic carboxylic acids is 1. The Morgan fingerprint density at radius 1 is 1.41 bits per heavy atom. The van der Waals surface area contributed by atoms with Crippen LogP contribution in [-0.2, 0) is 11.2 Å². The van der Waals surface area contributed by atoms with Crippen molar-refractivity contribution in [3.05, 3.63) is 16.7 Å². The summed E-state index contributed by atoms with van der Waals surface area (Å²) in [7, 11) is 0. The van der Waals surface area contributed by atoms with E-state index in [0.29, 0.717) is 16.7 Å². The first kappa shape index (κ1) is 15.2. The van der Waals surface area contributed by atoms with E-state index in [1.54, 1.807) is 0 Å². The second-order valence-electron chi connectivity index (χ2n) is 5.74. The maximum atomic E-state index is 11.1. The highest BCUT2D eigenvalue weighted by molar-refractivity contribution is 6.33. The van der Waals surface area contributed by atoms with E-state index in [1.807, 2.05) is 6.07 Å². The zero-order valence-corrected chi connectivity index (χ0v) is 12.9. The third-order valence-corrected chi connectivity index (χ3v) is 4.50. The Morgan fingerprint density at radius 2 is 2.14 bits per heavy atom. The molecule has 1 saturated heterocycles. The number of carboxylic acid groups (broad SMARTS) is 1. The lowest BCUT2D eigenvalue weighted by Gasteiger charge is -2.29. The average Bonchev–Trinajstić information content (AvgIpc) is 2.53. The monoisotopic (exact) mass is 326 g/mol. The number of fused-ring (bicyclic) bond motifs is 1. The molecule has 1 aromatic rings. The number of benzene rings is 1. The molecule has 0 amide bonds. The quantitative estimate of drug-likeness (QED) is 0.732. The van der Waals surface area contributed by atoms with Crippen LogP contribution in [0.4, 0.5) is 5.69 Å². The van der Waals surface area contributed by atoms with Gasteiger partial charge in [-0.15, -0.1) is 0 Å². The number of nitrogens with two attached hydrogens (primary N) is 1. The summed E-state index contributed by atoms with van der Waals surface area (Å²) < 4.78 is 11.1. The summed E-state index contributed by atoms with van der Waals surface area (Å²) in [5.41, 5.74) is 7.10. The predicted octanol–water partition coefficient (Wildman–Crippen LogP) is 1.69. The lowest BCUT2D eigenvalue weighted by atomic mass is 9.90. The van der Waals surface area contributed by atoms with Crippen molar-refractivity contribution in [3.8, 4) is 11.5 Å². The normalized spacial score (nSPS) is 21.6. The molecule has 120 valence electrons. The van der Waals surface area contributed by atoms with Gasteiger partial charge in [-0.05, 0) is 49.9 Å². The van der Waals surface area contributed by atoms with Gasteiger partial charge in [0.05, 0.1) is 10.7 Å².